The predicted octanol–water partition coefficient (Wildman–Crippen LogP) is 2.11. The molecule has 2 aliphatic rings. The van der Waals surface area contributed by atoms with Crippen LogP contribution in [0.4, 0.5) is 0 Å². The number of nitrogens with one attached hydrogen (secondary N) is 2. The fraction of sp³-hybridized carbons (Fsp3) is 0.933. The molecule has 2 rings (SSSR count). The summed E-state index contributed by atoms with van der Waals surface area (Å²) in [5, 5.41) is 7.05. The van der Waals surface area contributed by atoms with Gasteiger partial charge in [-0.15, -0.1) is 0 Å². The Kier molecular flexibility index (Phi) is 5.61. The van der Waals surface area contributed by atoms with E-state index in [2.05, 4.69) is 41.2 Å². The Morgan fingerprint density at radius 3 is 2.60 bits per heavy atom. The van der Waals surface area contributed by atoms with Gasteiger partial charge in [0.1, 0.15) is 0 Å². The zero-order chi connectivity index (χ0) is 14.6. The number of ether oxygens (including phenoxy) is 1. The van der Waals surface area contributed by atoms with Crippen LogP contribution < -0.4 is 10.6 Å². The van der Waals surface area contributed by atoms with Crippen LogP contribution in [-0.4, -0.2) is 50.3 Å². The minimum Gasteiger partial charge on any atom is -0.381 e. The Morgan fingerprint density at radius 2 is 2.05 bits per heavy atom. The number of rotatable bonds is 4. The van der Waals surface area contributed by atoms with Crippen LogP contribution in [0.1, 0.15) is 33.1 Å². The van der Waals surface area contributed by atoms with Crippen LogP contribution in [0.15, 0.2) is 4.99 Å². The number of aliphatic imine (C=N–C) groups is 1. The van der Waals surface area contributed by atoms with Crippen molar-refractivity contribution < 1.29 is 4.74 Å². The molecular formula is C15H29N3OS. The van der Waals surface area contributed by atoms with Gasteiger partial charge in [0.15, 0.2) is 5.96 Å². The summed E-state index contributed by atoms with van der Waals surface area (Å²) in [6, 6.07) is 0.445. The van der Waals surface area contributed by atoms with Crippen molar-refractivity contribution in [3.8, 4) is 0 Å². The maximum atomic E-state index is 5.50. The van der Waals surface area contributed by atoms with E-state index in [1.807, 2.05) is 7.05 Å². The molecule has 4 nitrogen and oxygen atoms in total. The highest BCUT2D eigenvalue weighted by Crippen LogP contribution is 2.42. The molecule has 0 aromatic heterocycles. The zero-order valence-electron chi connectivity index (χ0n) is 13.2. The maximum Gasteiger partial charge on any atom is 0.191 e. The van der Waals surface area contributed by atoms with E-state index in [1.165, 1.54) is 24.3 Å². The summed E-state index contributed by atoms with van der Waals surface area (Å²) < 4.78 is 5.50. The van der Waals surface area contributed by atoms with Crippen molar-refractivity contribution >= 4 is 17.7 Å². The molecule has 0 spiro atoms. The zero-order valence-corrected chi connectivity index (χ0v) is 14.1. The van der Waals surface area contributed by atoms with Gasteiger partial charge >= 0.3 is 0 Å². The SMILES string of the molecule is CN=C(NCC1CCSCC1)NC1CC(OC)C1(C)C. The lowest BCUT2D eigenvalue weighted by Gasteiger charge is -2.51. The highest BCUT2D eigenvalue weighted by Gasteiger charge is 2.48. The van der Waals surface area contributed by atoms with Crippen molar-refractivity contribution in [1.82, 2.24) is 10.6 Å². The van der Waals surface area contributed by atoms with E-state index in [4.69, 9.17) is 4.74 Å². The number of guanidine groups is 1. The lowest BCUT2D eigenvalue weighted by molar-refractivity contribution is -0.0922. The highest BCUT2D eigenvalue weighted by molar-refractivity contribution is 7.99. The fourth-order valence-corrected chi connectivity index (χ4v) is 4.29. The summed E-state index contributed by atoms with van der Waals surface area (Å²) in [7, 11) is 3.66. The van der Waals surface area contributed by atoms with Gasteiger partial charge in [-0.1, -0.05) is 13.8 Å². The van der Waals surface area contributed by atoms with Gasteiger partial charge in [-0.2, -0.15) is 11.8 Å². The molecule has 0 radical (unpaired) electrons. The van der Waals surface area contributed by atoms with Crippen molar-refractivity contribution in [1.29, 1.82) is 0 Å². The van der Waals surface area contributed by atoms with Gasteiger partial charge in [0.2, 0.25) is 0 Å². The Hall–Kier alpha value is -0.420. The average Bonchev–Trinajstić information content (AvgIpc) is 2.47. The molecule has 0 bridgehead atoms. The van der Waals surface area contributed by atoms with Crippen LogP contribution in [0.25, 0.3) is 0 Å². The summed E-state index contributed by atoms with van der Waals surface area (Å²) in [6.07, 6.45) is 4.07. The molecule has 1 aliphatic heterocycles. The van der Waals surface area contributed by atoms with Crippen LogP contribution in [0, 0.1) is 11.3 Å². The topological polar surface area (TPSA) is 45.7 Å². The molecule has 0 amide bonds. The molecule has 1 aliphatic carbocycles. The molecule has 2 atom stereocenters. The van der Waals surface area contributed by atoms with Crippen molar-refractivity contribution in [2.75, 3.05) is 32.2 Å². The largest absolute Gasteiger partial charge is 0.381 e. The molecular weight excluding hydrogens is 270 g/mol. The normalized spacial score (nSPS) is 30.7. The van der Waals surface area contributed by atoms with E-state index in [0.717, 1.165) is 24.8 Å². The number of methoxy groups -OCH3 is 1. The standard InChI is InChI=1S/C15H29N3OS/c1-15(2)12(9-13(15)19-4)18-14(16-3)17-10-11-5-7-20-8-6-11/h11-13H,5-10H2,1-4H3,(H2,16,17,18). The van der Waals surface area contributed by atoms with E-state index < -0.39 is 0 Å². The maximum absolute atomic E-state index is 5.50. The molecule has 2 unspecified atom stereocenters. The minimum absolute atomic E-state index is 0.174. The fourth-order valence-electron chi connectivity index (χ4n) is 3.08. The lowest BCUT2D eigenvalue weighted by Crippen LogP contribution is -2.63. The Morgan fingerprint density at radius 1 is 1.35 bits per heavy atom. The predicted molar refractivity (Wildman–Crippen MR) is 87.5 cm³/mol. The third-order valence-electron chi connectivity index (χ3n) is 4.90. The molecule has 1 saturated heterocycles. The van der Waals surface area contributed by atoms with E-state index >= 15 is 0 Å². The summed E-state index contributed by atoms with van der Waals surface area (Å²) in [6.45, 7) is 5.56. The minimum atomic E-state index is 0.174. The summed E-state index contributed by atoms with van der Waals surface area (Å²) in [5.74, 6) is 4.36. The third kappa shape index (κ3) is 3.61. The number of hydrogen-bond acceptors (Lipinski definition) is 3. The number of hydrogen-bond donors (Lipinski definition) is 2. The molecule has 2 fully saturated rings. The Bertz CT molecular complexity index is 340. The first kappa shape index (κ1) is 16.0. The average molecular weight is 299 g/mol. The monoisotopic (exact) mass is 299 g/mol. The molecule has 1 heterocycles. The van der Waals surface area contributed by atoms with Crippen molar-refractivity contribution in [3.05, 3.63) is 0 Å². The molecule has 20 heavy (non-hydrogen) atoms. The van der Waals surface area contributed by atoms with Crippen molar-refractivity contribution in [2.45, 2.75) is 45.3 Å². The Labute approximate surface area is 127 Å². The number of thioether (sulfide) groups is 1. The van der Waals surface area contributed by atoms with Gasteiger partial charge in [0, 0.05) is 32.2 Å². The first-order valence-electron chi connectivity index (χ1n) is 7.65. The Balaban J connectivity index is 1.76. The lowest BCUT2D eigenvalue weighted by atomic mass is 9.64. The van der Waals surface area contributed by atoms with Crippen LogP contribution in [0.5, 0.6) is 0 Å². The van der Waals surface area contributed by atoms with E-state index in [9.17, 15) is 0 Å². The van der Waals surface area contributed by atoms with Gasteiger partial charge in [0.25, 0.3) is 0 Å². The molecule has 0 aromatic rings. The van der Waals surface area contributed by atoms with E-state index in [-0.39, 0.29) is 5.41 Å². The summed E-state index contributed by atoms with van der Waals surface area (Å²) in [4.78, 5) is 4.36. The van der Waals surface area contributed by atoms with Crippen LogP contribution in [-0.2, 0) is 4.74 Å². The van der Waals surface area contributed by atoms with Gasteiger partial charge in [-0.05, 0) is 36.7 Å². The van der Waals surface area contributed by atoms with Crippen molar-refractivity contribution in [2.24, 2.45) is 16.3 Å². The van der Waals surface area contributed by atoms with Crippen LogP contribution >= 0.6 is 11.8 Å². The van der Waals surface area contributed by atoms with Crippen LogP contribution in [0.2, 0.25) is 0 Å². The first-order chi connectivity index (χ1) is 9.57. The molecule has 5 heteroatoms. The second-order valence-corrected chi connectivity index (χ2v) is 7.71. The van der Waals surface area contributed by atoms with Gasteiger partial charge in [-0.3, -0.25) is 4.99 Å². The second-order valence-electron chi connectivity index (χ2n) is 6.49. The third-order valence-corrected chi connectivity index (χ3v) is 5.94. The van der Waals surface area contributed by atoms with Gasteiger partial charge < -0.3 is 15.4 Å². The smallest absolute Gasteiger partial charge is 0.191 e. The number of nitrogens with zero attached hydrogens (tertiary/aromatic N) is 1. The second kappa shape index (κ2) is 7.03. The molecule has 2 N–H and O–H groups in total. The van der Waals surface area contributed by atoms with Crippen LogP contribution in [0.3, 0.4) is 0 Å². The molecule has 1 saturated carbocycles. The van der Waals surface area contributed by atoms with E-state index in [1.54, 1.807) is 7.11 Å². The van der Waals surface area contributed by atoms with Crippen molar-refractivity contribution in [3.63, 3.8) is 0 Å². The first-order valence-corrected chi connectivity index (χ1v) is 8.81. The van der Waals surface area contributed by atoms with Gasteiger partial charge in [0.05, 0.1) is 6.10 Å². The summed E-state index contributed by atoms with van der Waals surface area (Å²) >= 11 is 2.08. The summed E-state index contributed by atoms with van der Waals surface area (Å²) in [5.41, 5.74) is 0.174. The molecule has 0 aromatic carbocycles. The quantitative estimate of drug-likeness (QED) is 0.616. The molecule has 116 valence electrons. The highest BCUT2D eigenvalue weighted by atomic mass is 32.2. The van der Waals surface area contributed by atoms with Gasteiger partial charge in [-0.25, -0.2) is 0 Å². The van der Waals surface area contributed by atoms with E-state index in [0.29, 0.717) is 12.1 Å².